The van der Waals surface area contributed by atoms with Crippen molar-refractivity contribution < 1.29 is 4.79 Å². The summed E-state index contributed by atoms with van der Waals surface area (Å²) in [6.07, 6.45) is 4.57. The molecule has 0 fully saturated rings. The Hall–Kier alpha value is -2.54. The molecule has 1 amide bonds. The first kappa shape index (κ1) is 15.4. The third kappa shape index (κ3) is 3.29. The van der Waals surface area contributed by atoms with Crippen LogP contribution in [0.3, 0.4) is 0 Å². The van der Waals surface area contributed by atoms with Gasteiger partial charge in [-0.05, 0) is 44.5 Å². The van der Waals surface area contributed by atoms with Gasteiger partial charge in [-0.15, -0.1) is 11.3 Å². The van der Waals surface area contributed by atoms with Crippen molar-refractivity contribution in [1.82, 2.24) is 25.1 Å². The second-order valence-corrected chi connectivity index (χ2v) is 6.77. The molecule has 7 heteroatoms. The highest BCUT2D eigenvalue weighted by atomic mass is 32.1. The van der Waals surface area contributed by atoms with Gasteiger partial charge < -0.3 is 5.32 Å². The van der Waals surface area contributed by atoms with Crippen LogP contribution in [-0.4, -0.2) is 25.7 Å². The molecule has 0 saturated heterocycles. The van der Waals surface area contributed by atoms with E-state index >= 15 is 0 Å². The summed E-state index contributed by atoms with van der Waals surface area (Å²) in [5, 5.41) is 7.06. The number of carbonyl (C=O) groups is 1. The van der Waals surface area contributed by atoms with E-state index in [0.717, 1.165) is 5.56 Å². The number of aromatic nitrogens is 4. The molecule has 3 aromatic heterocycles. The molecule has 0 aliphatic carbocycles. The summed E-state index contributed by atoms with van der Waals surface area (Å²) in [7, 11) is 0. The minimum Gasteiger partial charge on any atom is -0.345 e. The van der Waals surface area contributed by atoms with Gasteiger partial charge in [-0.2, -0.15) is 5.10 Å². The van der Waals surface area contributed by atoms with Gasteiger partial charge >= 0.3 is 0 Å². The van der Waals surface area contributed by atoms with Crippen LogP contribution in [0.15, 0.2) is 37.1 Å². The third-order valence-corrected chi connectivity index (χ3v) is 4.54. The summed E-state index contributed by atoms with van der Waals surface area (Å²) < 4.78 is 1.52. The fraction of sp³-hybridized carbons (Fsp3) is 0.250. The van der Waals surface area contributed by atoms with Crippen LogP contribution in [0, 0.1) is 13.8 Å². The molecular formula is C16H17N5OS. The first-order chi connectivity index (χ1) is 11.0. The molecular weight excluding hydrogens is 310 g/mol. The molecule has 23 heavy (non-hydrogen) atoms. The van der Waals surface area contributed by atoms with Gasteiger partial charge in [0.1, 0.15) is 12.7 Å². The van der Waals surface area contributed by atoms with Crippen LogP contribution in [0.25, 0.3) is 5.82 Å². The van der Waals surface area contributed by atoms with E-state index in [1.165, 1.54) is 20.8 Å². The lowest BCUT2D eigenvalue weighted by molar-refractivity contribution is 0.0939. The quantitative estimate of drug-likeness (QED) is 0.800. The summed E-state index contributed by atoms with van der Waals surface area (Å²) >= 11 is 1.74. The highest BCUT2D eigenvalue weighted by Gasteiger charge is 2.15. The van der Waals surface area contributed by atoms with Crippen LogP contribution in [0.1, 0.15) is 38.6 Å². The van der Waals surface area contributed by atoms with E-state index in [4.69, 9.17) is 0 Å². The number of hydrogen-bond acceptors (Lipinski definition) is 5. The molecule has 0 aliphatic rings. The van der Waals surface area contributed by atoms with Crippen LogP contribution in [-0.2, 0) is 0 Å². The second kappa shape index (κ2) is 6.29. The molecule has 0 aliphatic heterocycles. The van der Waals surface area contributed by atoms with Crippen molar-refractivity contribution in [3.63, 3.8) is 0 Å². The Kier molecular flexibility index (Phi) is 4.20. The van der Waals surface area contributed by atoms with Gasteiger partial charge in [0.15, 0.2) is 5.82 Å². The average Bonchev–Trinajstić information content (AvgIpc) is 3.17. The van der Waals surface area contributed by atoms with Crippen molar-refractivity contribution in [3.8, 4) is 5.82 Å². The molecule has 0 radical (unpaired) electrons. The predicted octanol–water partition coefficient (Wildman–Crippen LogP) is 2.83. The van der Waals surface area contributed by atoms with Crippen molar-refractivity contribution in [1.29, 1.82) is 0 Å². The van der Waals surface area contributed by atoms with E-state index < -0.39 is 0 Å². The van der Waals surface area contributed by atoms with Crippen molar-refractivity contribution in [3.05, 3.63) is 57.9 Å². The Morgan fingerprint density at radius 1 is 1.35 bits per heavy atom. The fourth-order valence-corrected chi connectivity index (χ4v) is 3.47. The molecule has 1 atom stereocenters. The fourth-order valence-electron chi connectivity index (χ4n) is 2.45. The van der Waals surface area contributed by atoms with Gasteiger partial charge in [0.2, 0.25) is 0 Å². The summed E-state index contributed by atoms with van der Waals surface area (Å²) in [4.78, 5) is 23.1. The molecule has 118 valence electrons. The lowest BCUT2D eigenvalue weighted by Crippen LogP contribution is -2.27. The standard InChI is InChI=1S/C16H17N5OS/c1-10-6-14(12(3)23-10)11(2)20-16(22)13-4-5-18-15(7-13)21-9-17-8-19-21/h4-9,11H,1-3H3,(H,20,22)/t11-/m1/s1. The molecule has 0 aromatic carbocycles. The van der Waals surface area contributed by atoms with Gasteiger partial charge in [0, 0.05) is 21.5 Å². The van der Waals surface area contributed by atoms with Gasteiger partial charge in [-0.3, -0.25) is 4.79 Å². The Morgan fingerprint density at radius 3 is 2.83 bits per heavy atom. The first-order valence-electron chi connectivity index (χ1n) is 7.23. The number of nitrogens with one attached hydrogen (secondary N) is 1. The molecule has 1 N–H and O–H groups in total. The number of hydrogen-bond donors (Lipinski definition) is 1. The van der Waals surface area contributed by atoms with Gasteiger partial charge in [0.25, 0.3) is 5.91 Å². The van der Waals surface area contributed by atoms with Crippen molar-refractivity contribution in [2.45, 2.75) is 26.8 Å². The highest BCUT2D eigenvalue weighted by molar-refractivity contribution is 7.12. The van der Waals surface area contributed by atoms with Gasteiger partial charge in [0.05, 0.1) is 6.04 Å². The third-order valence-electron chi connectivity index (χ3n) is 3.55. The summed E-state index contributed by atoms with van der Waals surface area (Å²) in [6, 6.07) is 5.46. The van der Waals surface area contributed by atoms with Crippen molar-refractivity contribution in [2.24, 2.45) is 0 Å². The largest absolute Gasteiger partial charge is 0.345 e. The van der Waals surface area contributed by atoms with E-state index in [-0.39, 0.29) is 11.9 Å². The summed E-state index contributed by atoms with van der Waals surface area (Å²) in [6.45, 7) is 6.14. The first-order valence-corrected chi connectivity index (χ1v) is 8.05. The van der Waals surface area contributed by atoms with Crippen molar-refractivity contribution >= 4 is 17.2 Å². The zero-order chi connectivity index (χ0) is 16.4. The number of carbonyl (C=O) groups excluding carboxylic acids is 1. The number of nitrogens with zero attached hydrogens (tertiary/aromatic N) is 4. The van der Waals surface area contributed by atoms with Gasteiger partial charge in [-0.25, -0.2) is 14.6 Å². The van der Waals surface area contributed by atoms with Crippen LogP contribution in [0.5, 0.6) is 0 Å². The van der Waals surface area contributed by atoms with Crippen LogP contribution in [0.4, 0.5) is 0 Å². The van der Waals surface area contributed by atoms with Crippen molar-refractivity contribution in [2.75, 3.05) is 0 Å². The Labute approximate surface area is 138 Å². The normalized spacial score (nSPS) is 12.1. The molecule has 0 bridgehead atoms. The monoisotopic (exact) mass is 327 g/mol. The lowest BCUT2D eigenvalue weighted by Gasteiger charge is -2.14. The van der Waals surface area contributed by atoms with E-state index in [1.807, 2.05) is 6.92 Å². The predicted molar refractivity (Wildman–Crippen MR) is 88.8 cm³/mol. The smallest absolute Gasteiger partial charge is 0.251 e. The minimum absolute atomic E-state index is 0.0459. The Balaban J connectivity index is 1.78. The number of amides is 1. The highest BCUT2D eigenvalue weighted by Crippen LogP contribution is 2.26. The Bertz CT molecular complexity index is 825. The topological polar surface area (TPSA) is 72.7 Å². The maximum absolute atomic E-state index is 12.5. The molecule has 0 unspecified atom stereocenters. The molecule has 0 spiro atoms. The van der Waals surface area contributed by atoms with Crippen LogP contribution >= 0.6 is 11.3 Å². The van der Waals surface area contributed by atoms with E-state index in [0.29, 0.717) is 11.4 Å². The second-order valence-electron chi connectivity index (χ2n) is 5.31. The number of thiophene rings is 1. The van der Waals surface area contributed by atoms with Crippen LogP contribution < -0.4 is 5.32 Å². The lowest BCUT2D eigenvalue weighted by atomic mass is 10.1. The van der Waals surface area contributed by atoms with E-state index in [9.17, 15) is 4.79 Å². The van der Waals surface area contributed by atoms with E-state index in [2.05, 4.69) is 40.3 Å². The van der Waals surface area contributed by atoms with E-state index in [1.54, 1.807) is 36.0 Å². The molecule has 3 rings (SSSR count). The molecule has 6 nitrogen and oxygen atoms in total. The average molecular weight is 327 g/mol. The summed E-state index contributed by atoms with van der Waals surface area (Å²) in [5.74, 6) is 0.426. The minimum atomic E-state index is -0.135. The molecule has 0 saturated carbocycles. The SMILES string of the molecule is Cc1cc([C@@H](C)NC(=O)c2ccnc(-n3cncn3)c2)c(C)s1. The number of pyridine rings is 1. The van der Waals surface area contributed by atoms with Gasteiger partial charge in [-0.1, -0.05) is 0 Å². The van der Waals surface area contributed by atoms with Crippen LogP contribution in [0.2, 0.25) is 0 Å². The Morgan fingerprint density at radius 2 is 2.17 bits per heavy atom. The molecule has 3 aromatic rings. The zero-order valence-corrected chi connectivity index (χ0v) is 14.0. The zero-order valence-electron chi connectivity index (χ0n) is 13.1. The number of rotatable bonds is 4. The maximum atomic E-state index is 12.5. The summed E-state index contributed by atoms with van der Waals surface area (Å²) in [5.41, 5.74) is 1.70. The molecule has 3 heterocycles. The maximum Gasteiger partial charge on any atom is 0.251 e. The number of aryl methyl sites for hydroxylation is 2.